The lowest BCUT2D eigenvalue weighted by Gasteiger charge is -2.29. The molecule has 1 aliphatic heterocycles. The summed E-state index contributed by atoms with van der Waals surface area (Å²) >= 11 is 5.29. The molecule has 1 N–H and O–H groups in total. The Balaban J connectivity index is 1.54. The van der Waals surface area contributed by atoms with E-state index in [0.29, 0.717) is 35.1 Å². The van der Waals surface area contributed by atoms with Gasteiger partial charge in [0.2, 0.25) is 0 Å². The van der Waals surface area contributed by atoms with E-state index in [-0.39, 0.29) is 10.7 Å². The maximum Gasteiger partial charge on any atom is 0.270 e. The number of nitrogens with zero attached hydrogens (tertiary/aromatic N) is 1. The Morgan fingerprint density at radius 3 is 2.35 bits per heavy atom. The Bertz CT molecular complexity index is 1220. The molecule has 0 aromatic heterocycles. The number of hydrogen-bond acceptors (Lipinski definition) is 5. The number of para-hydroxylation sites is 1. The van der Waals surface area contributed by atoms with Crippen LogP contribution in [0.1, 0.15) is 25.3 Å². The zero-order valence-corrected chi connectivity index (χ0v) is 19.5. The average molecular weight is 473 g/mol. The molecule has 1 aliphatic rings. The number of unbranched alkanes of at least 4 members (excludes halogenated alkanes) is 1. The van der Waals surface area contributed by atoms with Crippen LogP contribution in [0.2, 0.25) is 0 Å². The summed E-state index contributed by atoms with van der Waals surface area (Å²) in [6.45, 7) is 2.71. The molecule has 0 saturated carbocycles. The molecule has 0 aliphatic carbocycles. The van der Waals surface area contributed by atoms with E-state index in [1.165, 1.54) is 4.90 Å². The predicted octanol–water partition coefficient (Wildman–Crippen LogP) is 5.49. The highest BCUT2D eigenvalue weighted by molar-refractivity contribution is 7.80. The SMILES string of the molecule is CCCCOc1cccc(/C=C2\C(=O)NC(=S)N(c3ccc(Oc4ccccc4)cc3)C2=O)c1. The van der Waals surface area contributed by atoms with Gasteiger partial charge in [-0.15, -0.1) is 0 Å². The van der Waals surface area contributed by atoms with Crippen molar-refractivity contribution in [1.29, 1.82) is 0 Å². The smallest absolute Gasteiger partial charge is 0.270 e. The number of nitrogens with one attached hydrogen (secondary N) is 1. The minimum atomic E-state index is -0.535. The van der Waals surface area contributed by atoms with E-state index in [1.54, 1.807) is 36.4 Å². The summed E-state index contributed by atoms with van der Waals surface area (Å²) in [6.07, 6.45) is 3.54. The van der Waals surface area contributed by atoms with Gasteiger partial charge in [-0.25, -0.2) is 0 Å². The highest BCUT2D eigenvalue weighted by atomic mass is 32.1. The molecule has 0 unspecified atom stereocenters. The van der Waals surface area contributed by atoms with Crippen molar-refractivity contribution in [3.05, 3.63) is 90.0 Å². The summed E-state index contributed by atoms with van der Waals surface area (Å²) < 4.78 is 11.5. The van der Waals surface area contributed by atoms with Crippen LogP contribution >= 0.6 is 12.2 Å². The van der Waals surface area contributed by atoms with Crippen molar-refractivity contribution >= 4 is 40.9 Å². The maximum atomic E-state index is 13.3. The predicted molar refractivity (Wildman–Crippen MR) is 136 cm³/mol. The molecular weight excluding hydrogens is 448 g/mol. The summed E-state index contributed by atoms with van der Waals surface area (Å²) in [5, 5.41) is 2.63. The number of rotatable bonds is 8. The van der Waals surface area contributed by atoms with Gasteiger partial charge in [0.15, 0.2) is 5.11 Å². The first-order chi connectivity index (χ1) is 16.5. The summed E-state index contributed by atoms with van der Waals surface area (Å²) in [6, 6.07) is 23.6. The summed E-state index contributed by atoms with van der Waals surface area (Å²) in [5.74, 6) is 0.978. The van der Waals surface area contributed by atoms with Crippen LogP contribution in [-0.4, -0.2) is 23.5 Å². The zero-order chi connectivity index (χ0) is 23.9. The molecule has 0 spiro atoms. The molecule has 7 heteroatoms. The highest BCUT2D eigenvalue weighted by Gasteiger charge is 2.34. The molecule has 1 heterocycles. The number of thiocarbonyl (C=S) groups is 1. The molecule has 34 heavy (non-hydrogen) atoms. The largest absolute Gasteiger partial charge is 0.494 e. The molecule has 1 saturated heterocycles. The lowest BCUT2D eigenvalue weighted by atomic mass is 10.1. The van der Waals surface area contributed by atoms with Gasteiger partial charge in [0.05, 0.1) is 12.3 Å². The number of amides is 2. The van der Waals surface area contributed by atoms with Crippen LogP contribution in [0.15, 0.2) is 84.4 Å². The summed E-state index contributed by atoms with van der Waals surface area (Å²) in [4.78, 5) is 27.2. The van der Waals surface area contributed by atoms with E-state index in [0.717, 1.165) is 12.8 Å². The van der Waals surface area contributed by atoms with Gasteiger partial charge in [0.1, 0.15) is 22.8 Å². The van der Waals surface area contributed by atoms with Gasteiger partial charge in [-0.05, 0) is 78.8 Å². The number of benzene rings is 3. The average Bonchev–Trinajstić information content (AvgIpc) is 2.84. The minimum absolute atomic E-state index is 0.0103. The fourth-order valence-corrected chi connectivity index (χ4v) is 3.66. The van der Waals surface area contributed by atoms with Crippen molar-refractivity contribution < 1.29 is 19.1 Å². The van der Waals surface area contributed by atoms with Crippen LogP contribution in [0.3, 0.4) is 0 Å². The monoisotopic (exact) mass is 472 g/mol. The normalized spacial score (nSPS) is 14.8. The Morgan fingerprint density at radius 2 is 1.62 bits per heavy atom. The van der Waals surface area contributed by atoms with Gasteiger partial charge in [-0.3, -0.25) is 19.8 Å². The van der Waals surface area contributed by atoms with Crippen LogP contribution in [0.5, 0.6) is 17.2 Å². The van der Waals surface area contributed by atoms with Gasteiger partial charge in [0, 0.05) is 0 Å². The third kappa shape index (κ3) is 5.50. The highest BCUT2D eigenvalue weighted by Crippen LogP contribution is 2.27. The number of ether oxygens (including phenoxy) is 2. The van der Waals surface area contributed by atoms with Crippen molar-refractivity contribution in [3.8, 4) is 17.2 Å². The molecule has 0 radical (unpaired) electrons. The number of carbonyl (C=O) groups is 2. The zero-order valence-electron chi connectivity index (χ0n) is 18.7. The van der Waals surface area contributed by atoms with Gasteiger partial charge < -0.3 is 9.47 Å². The number of hydrogen-bond donors (Lipinski definition) is 1. The molecule has 3 aromatic rings. The molecule has 4 rings (SSSR count). The number of carbonyl (C=O) groups excluding carboxylic acids is 2. The third-order valence-corrected chi connectivity index (χ3v) is 5.40. The van der Waals surface area contributed by atoms with Gasteiger partial charge in [-0.2, -0.15) is 0 Å². The molecule has 0 atom stereocenters. The van der Waals surface area contributed by atoms with Crippen molar-refractivity contribution in [2.45, 2.75) is 19.8 Å². The fourth-order valence-electron chi connectivity index (χ4n) is 3.37. The van der Waals surface area contributed by atoms with Crippen LogP contribution in [0.4, 0.5) is 5.69 Å². The van der Waals surface area contributed by atoms with E-state index in [1.807, 2.05) is 48.5 Å². The molecule has 6 nitrogen and oxygen atoms in total. The molecule has 3 aromatic carbocycles. The topological polar surface area (TPSA) is 67.9 Å². The Labute approximate surface area is 203 Å². The maximum absolute atomic E-state index is 13.3. The third-order valence-electron chi connectivity index (χ3n) is 5.11. The molecule has 172 valence electrons. The summed E-state index contributed by atoms with van der Waals surface area (Å²) in [5.41, 5.74) is 1.20. The molecular formula is C27H24N2O4S. The first-order valence-electron chi connectivity index (χ1n) is 11.0. The minimum Gasteiger partial charge on any atom is -0.494 e. The second-order valence-corrected chi connectivity index (χ2v) is 8.03. The summed E-state index contributed by atoms with van der Waals surface area (Å²) in [7, 11) is 0. The second-order valence-electron chi connectivity index (χ2n) is 7.64. The number of anilines is 1. The lowest BCUT2D eigenvalue weighted by molar-refractivity contribution is -0.122. The van der Waals surface area contributed by atoms with E-state index < -0.39 is 11.8 Å². The van der Waals surface area contributed by atoms with Crippen molar-refractivity contribution in [2.75, 3.05) is 11.5 Å². The van der Waals surface area contributed by atoms with Crippen molar-refractivity contribution in [3.63, 3.8) is 0 Å². The van der Waals surface area contributed by atoms with Gasteiger partial charge in [-0.1, -0.05) is 43.7 Å². The Kier molecular flexibility index (Phi) is 7.34. The van der Waals surface area contributed by atoms with Crippen LogP contribution in [0, 0.1) is 0 Å². The molecule has 2 amide bonds. The van der Waals surface area contributed by atoms with Gasteiger partial charge in [0.25, 0.3) is 11.8 Å². The second kappa shape index (κ2) is 10.8. The van der Waals surface area contributed by atoms with E-state index in [9.17, 15) is 9.59 Å². The van der Waals surface area contributed by atoms with E-state index >= 15 is 0 Å². The first kappa shape index (κ1) is 23.2. The Morgan fingerprint density at radius 1 is 0.912 bits per heavy atom. The van der Waals surface area contributed by atoms with Gasteiger partial charge >= 0.3 is 0 Å². The van der Waals surface area contributed by atoms with E-state index in [4.69, 9.17) is 21.7 Å². The fraction of sp³-hybridized carbons (Fsp3) is 0.148. The first-order valence-corrected chi connectivity index (χ1v) is 11.4. The standard InChI is InChI=1S/C27H24N2O4S/c1-2-3-16-32-23-11-7-8-19(17-23)18-24-25(30)28-27(34)29(26(24)31)20-12-14-22(15-13-20)33-21-9-5-4-6-10-21/h4-15,17-18H,2-3,16H2,1H3,(H,28,30,34)/b24-18+. The van der Waals surface area contributed by atoms with Crippen LogP contribution < -0.4 is 19.7 Å². The lowest BCUT2D eigenvalue weighted by Crippen LogP contribution is -2.54. The van der Waals surface area contributed by atoms with Crippen molar-refractivity contribution in [2.24, 2.45) is 0 Å². The Hall–Kier alpha value is -3.97. The van der Waals surface area contributed by atoms with Crippen LogP contribution in [-0.2, 0) is 9.59 Å². The van der Waals surface area contributed by atoms with Crippen LogP contribution in [0.25, 0.3) is 6.08 Å². The quantitative estimate of drug-likeness (QED) is 0.203. The molecule has 1 fully saturated rings. The van der Waals surface area contributed by atoms with E-state index in [2.05, 4.69) is 12.2 Å². The van der Waals surface area contributed by atoms with Crippen molar-refractivity contribution in [1.82, 2.24) is 5.32 Å². The molecule has 0 bridgehead atoms.